The average molecular weight is 348 g/mol. The fourth-order valence-corrected chi connectivity index (χ4v) is 3.12. The van der Waals surface area contributed by atoms with Crippen LogP contribution >= 0.6 is 0 Å². The second-order valence-corrected chi connectivity index (χ2v) is 6.33. The van der Waals surface area contributed by atoms with Crippen molar-refractivity contribution in [3.05, 3.63) is 71.2 Å². The summed E-state index contributed by atoms with van der Waals surface area (Å²) in [6.45, 7) is 2.27. The number of carbonyl (C=O) groups excluding carboxylic acids is 1. The van der Waals surface area contributed by atoms with Crippen molar-refractivity contribution in [1.82, 2.24) is 9.97 Å². The molecule has 1 aliphatic heterocycles. The molecule has 0 spiro atoms. The zero-order chi connectivity index (χ0) is 18.1. The van der Waals surface area contributed by atoms with E-state index in [1.807, 2.05) is 37.3 Å². The van der Waals surface area contributed by atoms with E-state index < -0.39 is 0 Å². The number of carbonyl (C=O) groups is 1. The summed E-state index contributed by atoms with van der Waals surface area (Å²) in [6.07, 6.45) is 1.90. The predicted octanol–water partition coefficient (Wildman–Crippen LogP) is 3.70. The molecule has 130 valence electrons. The highest BCUT2D eigenvalue weighted by molar-refractivity contribution is 5.99. The Balaban J connectivity index is 1.65. The van der Waals surface area contributed by atoms with E-state index in [1.165, 1.54) is 12.1 Å². The number of aromatic nitrogens is 2. The van der Waals surface area contributed by atoms with E-state index in [9.17, 15) is 9.18 Å². The van der Waals surface area contributed by atoms with Crippen LogP contribution in [0.1, 0.15) is 16.7 Å². The van der Waals surface area contributed by atoms with Crippen molar-refractivity contribution in [3.8, 4) is 11.3 Å². The van der Waals surface area contributed by atoms with Gasteiger partial charge in [-0.3, -0.25) is 4.79 Å². The molecule has 2 heterocycles. The molecule has 0 fully saturated rings. The third-order valence-electron chi connectivity index (χ3n) is 4.22. The zero-order valence-corrected chi connectivity index (χ0v) is 14.2. The van der Waals surface area contributed by atoms with E-state index in [0.717, 1.165) is 33.6 Å². The van der Waals surface area contributed by atoms with Gasteiger partial charge in [0.2, 0.25) is 11.9 Å². The Morgan fingerprint density at radius 1 is 1.23 bits per heavy atom. The molecule has 0 saturated heterocycles. The second kappa shape index (κ2) is 6.55. The number of anilines is 2. The van der Waals surface area contributed by atoms with Gasteiger partial charge in [0.1, 0.15) is 5.82 Å². The molecule has 1 aromatic heterocycles. The molecule has 1 aliphatic rings. The topological polar surface area (TPSA) is 66.9 Å². The minimum Gasteiger partial charge on any atom is -0.350 e. The van der Waals surface area contributed by atoms with Gasteiger partial charge in [-0.15, -0.1) is 0 Å². The summed E-state index contributed by atoms with van der Waals surface area (Å²) < 4.78 is 13.5. The van der Waals surface area contributed by atoms with Gasteiger partial charge < -0.3 is 10.6 Å². The van der Waals surface area contributed by atoms with Crippen LogP contribution in [0.3, 0.4) is 0 Å². The maximum atomic E-state index is 13.5. The first-order valence-electron chi connectivity index (χ1n) is 8.33. The highest BCUT2D eigenvalue weighted by Gasteiger charge is 2.20. The normalized spacial score (nSPS) is 12.6. The lowest BCUT2D eigenvalue weighted by Gasteiger charge is -2.10. The fourth-order valence-electron chi connectivity index (χ4n) is 3.12. The minimum absolute atomic E-state index is 0.0873. The average Bonchev–Trinajstić information content (AvgIpc) is 2.74. The molecule has 0 saturated carbocycles. The van der Waals surface area contributed by atoms with Crippen molar-refractivity contribution in [1.29, 1.82) is 0 Å². The van der Waals surface area contributed by atoms with Crippen molar-refractivity contribution >= 4 is 17.5 Å². The molecule has 0 radical (unpaired) electrons. The third kappa shape index (κ3) is 3.26. The zero-order valence-electron chi connectivity index (χ0n) is 14.2. The molecule has 6 heteroatoms. The van der Waals surface area contributed by atoms with Gasteiger partial charge in [0, 0.05) is 23.9 Å². The van der Waals surface area contributed by atoms with Gasteiger partial charge in [-0.25, -0.2) is 14.4 Å². The second-order valence-electron chi connectivity index (χ2n) is 6.33. The van der Waals surface area contributed by atoms with Crippen LogP contribution in [0.4, 0.5) is 16.0 Å². The van der Waals surface area contributed by atoms with Gasteiger partial charge in [0.25, 0.3) is 0 Å². The van der Waals surface area contributed by atoms with Crippen LogP contribution in [0, 0.1) is 12.7 Å². The predicted molar refractivity (Wildman–Crippen MR) is 98.3 cm³/mol. The summed E-state index contributed by atoms with van der Waals surface area (Å²) in [4.78, 5) is 21.0. The molecule has 4 rings (SSSR count). The summed E-state index contributed by atoms with van der Waals surface area (Å²) in [5.74, 6) is 0.0914. The monoisotopic (exact) mass is 348 g/mol. The van der Waals surface area contributed by atoms with Crippen molar-refractivity contribution in [2.75, 3.05) is 10.6 Å². The van der Waals surface area contributed by atoms with Crippen LogP contribution in [-0.2, 0) is 17.8 Å². The first-order valence-corrected chi connectivity index (χ1v) is 8.33. The quantitative estimate of drug-likeness (QED) is 0.757. The Hall–Kier alpha value is -3.28. The summed E-state index contributed by atoms with van der Waals surface area (Å²) >= 11 is 0. The molecular weight excluding hydrogens is 331 g/mol. The number of benzene rings is 2. The minimum atomic E-state index is -0.261. The molecular formula is C20H17FN4O. The Kier molecular flexibility index (Phi) is 4.08. The highest BCUT2D eigenvalue weighted by atomic mass is 19.1. The third-order valence-corrected chi connectivity index (χ3v) is 4.22. The van der Waals surface area contributed by atoms with Gasteiger partial charge in [0.05, 0.1) is 17.8 Å². The molecule has 3 aromatic rings. The van der Waals surface area contributed by atoms with Crippen LogP contribution in [0.15, 0.2) is 48.7 Å². The first-order chi connectivity index (χ1) is 12.6. The number of amides is 1. The van der Waals surface area contributed by atoms with E-state index in [-0.39, 0.29) is 18.1 Å². The van der Waals surface area contributed by atoms with E-state index in [4.69, 9.17) is 0 Å². The molecule has 0 aliphatic carbocycles. The van der Waals surface area contributed by atoms with Gasteiger partial charge in [0.15, 0.2) is 0 Å². The maximum Gasteiger partial charge on any atom is 0.228 e. The number of nitrogens with one attached hydrogen (secondary N) is 2. The van der Waals surface area contributed by atoms with Crippen LogP contribution in [-0.4, -0.2) is 15.9 Å². The molecule has 2 N–H and O–H groups in total. The maximum absolute atomic E-state index is 13.5. The van der Waals surface area contributed by atoms with Crippen LogP contribution < -0.4 is 10.6 Å². The Bertz CT molecular complexity index is 983. The molecule has 0 unspecified atom stereocenters. The standard InChI is InChI=1S/C20H17FN4O/c1-12-6-13(8-15(21)7-12)10-22-20-23-11-14-9-18(26)24-17-5-3-2-4-16(17)19(14)25-20/h2-8,11H,9-10H2,1H3,(H,24,26)(H,22,23,25). The number of nitrogens with zero attached hydrogens (tertiary/aromatic N) is 2. The summed E-state index contributed by atoms with van der Waals surface area (Å²) in [6, 6.07) is 12.4. The largest absolute Gasteiger partial charge is 0.350 e. The lowest BCUT2D eigenvalue weighted by molar-refractivity contribution is -0.115. The number of para-hydroxylation sites is 1. The van der Waals surface area contributed by atoms with Crippen molar-refractivity contribution in [2.45, 2.75) is 19.9 Å². The van der Waals surface area contributed by atoms with Crippen molar-refractivity contribution in [3.63, 3.8) is 0 Å². The highest BCUT2D eigenvalue weighted by Crippen LogP contribution is 2.32. The van der Waals surface area contributed by atoms with Gasteiger partial charge >= 0.3 is 0 Å². The molecule has 0 atom stereocenters. The van der Waals surface area contributed by atoms with E-state index >= 15 is 0 Å². The number of hydrogen-bond donors (Lipinski definition) is 2. The van der Waals surface area contributed by atoms with E-state index in [1.54, 1.807) is 6.20 Å². The SMILES string of the molecule is Cc1cc(F)cc(CNc2ncc3c(n2)-c2ccccc2NC(=O)C3)c1. The molecule has 5 nitrogen and oxygen atoms in total. The summed E-state index contributed by atoms with van der Waals surface area (Å²) in [7, 11) is 0. The van der Waals surface area contributed by atoms with Crippen molar-refractivity contribution < 1.29 is 9.18 Å². The molecule has 26 heavy (non-hydrogen) atoms. The number of halogens is 1. The lowest BCUT2D eigenvalue weighted by atomic mass is 10.1. The number of aryl methyl sites for hydroxylation is 1. The number of hydrogen-bond acceptors (Lipinski definition) is 4. The van der Waals surface area contributed by atoms with Crippen molar-refractivity contribution in [2.24, 2.45) is 0 Å². The molecule has 2 aromatic carbocycles. The van der Waals surface area contributed by atoms with Crippen LogP contribution in [0.5, 0.6) is 0 Å². The smallest absolute Gasteiger partial charge is 0.228 e. The first kappa shape index (κ1) is 16.2. The van der Waals surface area contributed by atoms with Gasteiger partial charge in [-0.05, 0) is 36.2 Å². The lowest BCUT2D eigenvalue weighted by Crippen LogP contribution is -2.13. The Morgan fingerprint density at radius 2 is 2.08 bits per heavy atom. The fraction of sp³-hybridized carbons (Fsp3) is 0.150. The van der Waals surface area contributed by atoms with E-state index in [0.29, 0.717) is 12.5 Å². The Morgan fingerprint density at radius 3 is 2.92 bits per heavy atom. The van der Waals surface area contributed by atoms with Gasteiger partial charge in [-0.1, -0.05) is 24.3 Å². The Labute approximate surface area is 150 Å². The van der Waals surface area contributed by atoms with Crippen LogP contribution in [0.25, 0.3) is 11.3 Å². The summed E-state index contributed by atoms with van der Waals surface area (Å²) in [5, 5.41) is 6.02. The van der Waals surface area contributed by atoms with Gasteiger partial charge in [-0.2, -0.15) is 0 Å². The molecule has 1 amide bonds. The number of fused-ring (bicyclic) bond motifs is 3. The van der Waals surface area contributed by atoms with E-state index in [2.05, 4.69) is 20.6 Å². The number of rotatable bonds is 3. The molecule has 0 bridgehead atoms. The van der Waals surface area contributed by atoms with Crippen LogP contribution in [0.2, 0.25) is 0 Å². The summed E-state index contributed by atoms with van der Waals surface area (Å²) in [5.41, 5.74) is 4.79.